The number of nitrogens with one attached hydrogen (secondary N) is 2. The average molecular weight is 504 g/mol. The third-order valence-electron chi connectivity index (χ3n) is 4.56. The van der Waals surface area contributed by atoms with Crippen molar-refractivity contribution in [3.63, 3.8) is 0 Å². The summed E-state index contributed by atoms with van der Waals surface area (Å²) in [6.07, 6.45) is 7.22. The molecule has 6 nitrogen and oxygen atoms in total. The SMILES string of the molecule is CCNC(=NCc1ccc(-n2ccnc2)nc1)NCC(C)c1ccc(C)cc1.I. The van der Waals surface area contributed by atoms with E-state index in [1.54, 1.807) is 12.5 Å². The molecule has 0 aliphatic rings. The van der Waals surface area contributed by atoms with Gasteiger partial charge in [-0.05, 0) is 37.0 Å². The van der Waals surface area contributed by atoms with E-state index in [0.29, 0.717) is 12.5 Å². The van der Waals surface area contributed by atoms with E-state index in [1.165, 1.54) is 11.1 Å². The fourth-order valence-electron chi connectivity index (χ4n) is 2.83. The van der Waals surface area contributed by atoms with Crippen molar-refractivity contribution in [3.05, 3.63) is 78.0 Å². The number of hydrogen-bond acceptors (Lipinski definition) is 3. The predicted molar refractivity (Wildman–Crippen MR) is 129 cm³/mol. The molecule has 0 amide bonds. The summed E-state index contributed by atoms with van der Waals surface area (Å²) < 4.78 is 1.88. The summed E-state index contributed by atoms with van der Waals surface area (Å²) in [6.45, 7) is 8.63. The summed E-state index contributed by atoms with van der Waals surface area (Å²) in [5, 5.41) is 6.75. The second-order valence-electron chi connectivity index (χ2n) is 6.88. The van der Waals surface area contributed by atoms with Crippen LogP contribution in [0.4, 0.5) is 0 Å². The highest BCUT2D eigenvalue weighted by Crippen LogP contribution is 2.14. The van der Waals surface area contributed by atoms with E-state index < -0.39 is 0 Å². The molecule has 0 aliphatic heterocycles. The quantitative estimate of drug-likeness (QED) is 0.290. The molecule has 0 saturated heterocycles. The van der Waals surface area contributed by atoms with Gasteiger partial charge < -0.3 is 10.6 Å². The molecule has 1 aromatic carbocycles. The van der Waals surface area contributed by atoms with Crippen molar-refractivity contribution in [2.24, 2.45) is 4.99 Å². The third-order valence-corrected chi connectivity index (χ3v) is 4.56. The zero-order valence-electron chi connectivity index (χ0n) is 17.2. The van der Waals surface area contributed by atoms with Gasteiger partial charge in [-0.25, -0.2) is 15.0 Å². The molecular formula is C22H29IN6. The first-order chi connectivity index (χ1) is 13.7. The number of pyridine rings is 1. The fourth-order valence-corrected chi connectivity index (χ4v) is 2.83. The van der Waals surface area contributed by atoms with Crippen LogP contribution >= 0.6 is 24.0 Å². The van der Waals surface area contributed by atoms with Crippen molar-refractivity contribution in [1.29, 1.82) is 0 Å². The van der Waals surface area contributed by atoms with Crippen molar-refractivity contribution < 1.29 is 0 Å². The maximum Gasteiger partial charge on any atom is 0.191 e. The molecule has 0 fully saturated rings. The number of nitrogens with zero attached hydrogens (tertiary/aromatic N) is 4. The van der Waals surface area contributed by atoms with Gasteiger partial charge in [-0.2, -0.15) is 0 Å². The molecule has 2 heterocycles. The van der Waals surface area contributed by atoms with E-state index in [4.69, 9.17) is 4.99 Å². The molecule has 3 rings (SSSR count). The molecule has 0 radical (unpaired) electrons. The highest BCUT2D eigenvalue weighted by atomic mass is 127. The van der Waals surface area contributed by atoms with Crippen LogP contribution in [-0.2, 0) is 6.54 Å². The fraction of sp³-hybridized carbons (Fsp3) is 0.318. The molecule has 3 aromatic rings. The van der Waals surface area contributed by atoms with Gasteiger partial charge in [0.1, 0.15) is 12.1 Å². The van der Waals surface area contributed by atoms with Gasteiger partial charge in [0.05, 0.1) is 6.54 Å². The molecule has 7 heteroatoms. The van der Waals surface area contributed by atoms with E-state index in [9.17, 15) is 0 Å². The average Bonchev–Trinajstić information content (AvgIpc) is 3.25. The zero-order valence-corrected chi connectivity index (χ0v) is 19.5. The Bertz CT molecular complexity index is 873. The van der Waals surface area contributed by atoms with Crippen LogP contribution in [0.5, 0.6) is 0 Å². The molecule has 0 spiro atoms. The van der Waals surface area contributed by atoms with Crippen LogP contribution < -0.4 is 10.6 Å². The Morgan fingerprint density at radius 3 is 2.55 bits per heavy atom. The number of aromatic nitrogens is 3. The van der Waals surface area contributed by atoms with Gasteiger partial charge >= 0.3 is 0 Å². The highest BCUT2D eigenvalue weighted by molar-refractivity contribution is 14.0. The van der Waals surface area contributed by atoms with Crippen molar-refractivity contribution in [2.45, 2.75) is 33.2 Å². The van der Waals surface area contributed by atoms with Gasteiger partial charge in [-0.15, -0.1) is 24.0 Å². The Kier molecular flexibility index (Phi) is 9.11. The number of aryl methyl sites for hydroxylation is 1. The largest absolute Gasteiger partial charge is 0.357 e. The number of rotatable bonds is 7. The summed E-state index contributed by atoms with van der Waals surface area (Å²) in [5.74, 6) is 2.07. The van der Waals surface area contributed by atoms with Crippen LogP contribution in [0.15, 0.2) is 66.3 Å². The lowest BCUT2D eigenvalue weighted by atomic mass is 10.0. The summed E-state index contributed by atoms with van der Waals surface area (Å²) in [5.41, 5.74) is 3.67. The highest BCUT2D eigenvalue weighted by Gasteiger charge is 2.07. The van der Waals surface area contributed by atoms with Crippen LogP contribution in [-0.4, -0.2) is 33.6 Å². The molecule has 1 atom stereocenters. The standard InChI is InChI=1S/C22H28N6.HI/c1-4-24-22(26-13-18(3)20-8-5-17(2)6-9-20)27-15-19-7-10-21(25-14-19)28-12-11-23-16-28;/h5-12,14,16,18H,4,13,15H2,1-3H3,(H2,24,26,27);1H. The second-order valence-corrected chi connectivity index (χ2v) is 6.88. The molecular weight excluding hydrogens is 475 g/mol. The van der Waals surface area contributed by atoms with Gasteiger partial charge in [0.15, 0.2) is 5.96 Å². The minimum absolute atomic E-state index is 0. The summed E-state index contributed by atoms with van der Waals surface area (Å²) in [6, 6.07) is 12.7. The normalized spacial score (nSPS) is 12.2. The van der Waals surface area contributed by atoms with Crippen molar-refractivity contribution >= 4 is 29.9 Å². The van der Waals surface area contributed by atoms with Crippen molar-refractivity contribution in [1.82, 2.24) is 25.2 Å². The lowest BCUT2D eigenvalue weighted by Crippen LogP contribution is -2.39. The molecule has 1 unspecified atom stereocenters. The number of aliphatic imine (C=N–C) groups is 1. The van der Waals surface area contributed by atoms with Crippen LogP contribution in [0.3, 0.4) is 0 Å². The maximum atomic E-state index is 4.69. The van der Waals surface area contributed by atoms with Crippen LogP contribution in [0.2, 0.25) is 0 Å². The zero-order chi connectivity index (χ0) is 19.8. The number of imidazole rings is 1. The first-order valence-corrected chi connectivity index (χ1v) is 9.67. The molecule has 154 valence electrons. The molecule has 0 saturated carbocycles. The summed E-state index contributed by atoms with van der Waals surface area (Å²) in [4.78, 5) is 13.2. The Labute approximate surface area is 189 Å². The molecule has 0 aliphatic carbocycles. The van der Waals surface area contributed by atoms with Gasteiger partial charge in [-0.1, -0.05) is 42.8 Å². The first-order valence-electron chi connectivity index (χ1n) is 9.67. The van der Waals surface area contributed by atoms with Gasteiger partial charge in [0.2, 0.25) is 0 Å². The Morgan fingerprint density at radius 1 is 1.14 bits per heavy atom. The number of halogens is 1. The van der Waals surface area contributed by atoms with E-state index in [0.717, 1.165) is 30.4 Å². The van der Waals surface area contributed by atoms with E-state index >= 15 is 0 Å². The van der Waals surface area contributed by atoms with Crippen molar-refractivity contribution in [3.8, 4) is 5.82 Å². The van der Waals surface area contributed by atoms with Gasteiger partial charge in [0.25, 0.3) is 0 Å². The van der Waals surface area contributed by atoms with E-state index in [2.05, 4.69) is 65.6 Å². The minimum Gasteiger partial charge on any atom is -0.357 e. The molecule has 29 heavy (non-hydrogen) atoms. The molecule has 2 aromatic heterocycles. The van der Waals surface area contributed by atoms with Crippen molar-refractivity contribution in [2.75, 3.05) is 13.1 Å². The second kappa shape index (κ2) is 11.5. The summed E-state index contributed by atoms with van der Waals surface area (Å²) >= 11 is 0. The first kappa shape index (κ1) is 22.9. The van der Waals surface area contributed by atoms with Crippen LogP contribution in [0, 0.1) is 6.92 Å². The maximum absolute atomic E-state index is 4.69. The molecule has 2 N–H and O–H groups in total. The number of guanidine groups is 1. The van der Waals surface area contributed by atoms with Crippen LogP contribution in [0.25, 0.3) is 5.82 Å². The van der Waals surface area contributed by atoms with Gasteiger partial charge in [-0.3, -0.25) is 4.57 Å². The third kappa shape index (κ3) is 6.85. The minimum atomic E-state index is 0. The smallest absolute Gasteiger partial charge is 0.191 e. The summed E-state index contributed by atoms with van der Waals surface area (Å²) in [7, 11) is 0. The number of benzene rings is 1. The predicted octanol–water partition coefficient (Wildman–Crippen LogP) is 4.05. The van der Waals surface area contributed by atoms with E-state index in [-0.39, 0.29) is 24.0 Å². The number of hydrogen-bond donors (Lipinski definition) is 2. The Balaban J connectivity index is 0.00000300. The van der Waals surface area contributed by atoms with Gasteiger partial charge in [0, 0.05) is 31.7 Å². The Morgan fingerprint density at radius 2 is 1.93 bits per heavy atom. The lowest BCUT2D eigenvalue weighted by molar-refractivity contribution is 0.699. The topological polar surface area (TPSA) is 67.1 Å². The Hall–Kier alpha value is -2.42. The lowest BCUT2D eigenvalue weighted by Gasteiger charge is -2.16. The monoisotopic (exact) mass is 504 g/mol. The van der Waals surface area contributed by atoms with E-state index in [1.807, 2.05) is 29.1 Å². The molecule has 0 bridgehead atoms. The van der Waals surface area contributed by atoms with Crippen LogP contribution in [0.1, 0.15) is 36.5 Å².